The lowest BCUT2D eigenvalue weighted by Crippen LogP contribution is -2.44. The minimum Gasteiger partial charge on any atom is -0.493 e. The Labute approximate surface area is 190 Å². The van der Waals surface area contributed by atoms with Crippen LogP contribution in [0.2, 0.25) is 0 Å². The lowest BCUT2D eigenvalue weighted by Gasteiger charge is -2.27. The van der Waals surface area contributed by atoms with Crippen LogP contribution < -0.4 is 9.47 Å². The summed E-state index contributed by atoms with van der Waals surface area (Å²) in [7, 11) is 1.45. The molecule has 3 rings (SSSR count). The number of carbonyl (C=O) groups is 4. The second-order valence-electron chi connectivity index (χ2n) is 7.21. The minimum atomic E-state index is -0.494. The topological polar surface area (TPSA) is 102 Å². The number of esters is 1. The quantitative estimate of drug-likeness (QED) is 0.429. The smallest absolute Gasteiger partial charge is 0.344 e. The molecule has 0 spiro atoms. The summed E-state index contributed by atoms with van der Waals surface area (Å²) < 4.78 is 15.6. The summed E-state index contributed by atoms with van der Waals surface area (Å²) in [6.07, 6.45) is 4.53. The molecular weight excluding hydrogens is 436 g/mol. The van der Waals surface area contributed by atoms with Crippen LogP contribution in [0, 0.1) is 0 Å². The van der Waals surface area contributed by atoms with Crippen LogP contribution in [0.25, 0.3) is 6.08 Å². The zero-order chi connectivity index (χ0) is 23.1. The highest BCUT2D eigenvalue weighted by Gasteiger charge is 2.37. The summed E-state index contributed by atoms with van der Waals surface area (Å²) in [5.74, 6) is -0.489. The molecule has 2 aliphatic heterocycles. The molecule has 0 radical (unpaired) electrons. The van der Waals surface area contributed by atoms with E-state index in [1.807, 2.05) is 0 Å². The van der Waals surface area contributed by atoms with Crippen LogP contribution in [0.1, 0.15) is 31.7 Å². The summed E-state index contributed by atoms with van der Waals surface area (Å²) >= 11 is 0.797. The van der Waals surface area contributed by atoms with E-state index in [1.54, 1.807) is 36.1 Å². The molecule has 10 heteroatoms. The van der Waals surface area contributed by atoms with E-state index in [4.69, 9.17) is 14.2 Å². The van der Waals surface area contributed by atoms with Crippen molar-refractivity contribution >= 4 is 40.9 Å². The molecule has 0 aliphatic carbocycles. The predicted octanol–water partition coefficient (Wildman–Crippen LogP) is 2.69. The molecule has 32 heavy (non-hydrogen) atoms. The molecule has 2 fully saturated rings. The van der Waals surface area contributed by atoms with Crippen molar-refractivity contribution in [2.24, 2.45) is 0 Å². The monoisotopic (exact) mass is 462 g/mol. The number of imide groups is 1. The van der Waals surface area contributed by atoms with Gasteiger partial charge in [-0.15, -0.1) is 0 Å². The van der Waals surface area contributed by atoms with Crippen molar-refractivity contribution in [1.82, 2.24) is 9.80 Å². The van der Waals surface area contributed by atoms with Crippen LogP contribution in [0.5, 0.6) is 11.5 Å². The number of piperidine rings is 1. The second kappa shape index (κ2) is 11.0. The molecule has 1 aromatic rings. The van der Waals surface area contributed by atoms with Crippen LogP contribution in [-0.2, 0) is 19.1 Å². The molecular formula is C22H26N2O7S. The van der Waals surface area contributed by atoms with E-state index < -0.39 is 17.1 Å². The molecule has 0 aromatic heterocycles. The third-order valence-electron chi connectivity index (χ3n) is 5.01. The maximum Gasteiger partial charge on any atom is 0.344 e. The van der Waals surface area contributed by atoms with E-state index in [1.165, 1.54) is 7.11 Å². The normalized spacial score (nSPS) is 17.6. The zero-order valence-corrected chi connectivity index (χ0v) is 18.9. The zero-order valence-electron chi connectivity index (χ0n) is 18.1. The van der Waals surface area contributed by atoms with E-state index >= 15 is 0 Å². The standard InChI is InChI=1S/C22H26N2O7S/c1-3-30-20(26)14-31-16-8-7-15(11-17(16)29-2)12-18-21(27)24(22(28)32-18)13-19(25)23-9-5-4-6-10-23/h7-8,11-12H,3-6,9-10,13-14H2,1-2H3/b18-12-. The maximum atomic E-state index is 12.7. The molecule has 172 valence electrons. The number of carbonyl (C=O) groups excluding carboxylic acids is 4. The van der Waals surface area contributed by atoms with Gasteiger partial charge in [0.15, 0.2) is 18.1 Å². The van der Waals surface area contributed by atoms with Crippen molar-refractivity contribution in [1.29, 1.82) is 0 Å². The molecule has 1 aromatic carbocycles. The number of rotatable bonds is 8. The van der Waals surface area contributed by atoms with E-state index in [-0.39, 0.29) is 30.6 Å². The Kier molecular flexibility index (Phi) is 8.15. The van der Waals surface area contributed by atoms with Crippen molar-refractivity contribution in [2.45, 2.75) is 26.2 Å². The number of amides is 3. The Morgan fingerprint density at radius 2 is 1.88 bits per heavy atom. The fourth-order valence-electron chi connectivity index (χ4n) is 3.40. The van der Waals surface area contributed by atoms with E-state index in [0.717, 1.165) is 35.9 Å². The fraction of sp³-hybridized carbons (Fsp3) is 0.455. The van der Waals surface area contributed by atoms with Gasteiger partial charge in [0.05, 0.1) is 18.6 Å². The van der Waals surface area contributed by atoms with Gasteiger partial charge in [0.1, 0.15) is 6.54 Å². The first-order valence-electron chi connectivity index (χ1n) is 10.4. The largest absolute Gasteiger partial charge is 0.493 e. The molecule has 9 nitrogen and oxygen atoms in total. The summed E-state index contributed by atoms with van der Waals surface area (Å²) in [6, 6.07) is 4.91. The SMILES string of the molecule is CCOC(=O)COc1ccc(/C=C2\SC(=O)N(CC(=O)N3CCCCC3)C2=O)cc1OC. The van der Waals surface area contributed by atoms with Gasteiger partial charge in [-0.05, 0) is 61.7 Å². The van der Waals surface area contributed by atoms with Crippen molar-refractivity contribution in [3.63, 3.8) is 0 Å². The molecule has 0 unspecified atom stereocenters. The first-order valence-corrected chi connectivity index (χ1v) is 11.2. The number of hydrogen-bond donors (Lipinski definition) is 0. The van der Waals surface area contributed by atoms with Gasteiger partial charge in [-0.3, -0.25) is 19.3 Å². The van der Waals surface area contributed by atoms with Crippen LogP contribution in [0.3, 0.4) is 0 Å². The van der Waals surface area contributed by atoms with Gasteiger partial charge in [-0.2, -0.15) is 0 Å². The Morgan fingerprint density at radius 1 is 1.12 bits per heavy atom. The number of likely N-dealkylation sites (tertiary alicyclic amines) is 1. The molecule has 0 saturated carbocycles. The van der Waals surface area contributed by atoms with Crippen molar-refractivity contribution in [3.8, 4) is 11.5 Å². The minimum absolute atomic E-state index is 0.210. The number of nitrogens with zero attached hydrogens (tertiary/aromatic N) is 2. The summed E-state index contributed by atoms with van der Waals surface area (Å²) in [4.78, 5) is 52.0. The van der Waals surface area contributed by atoms with Crippen LogP contribution in [-0.4, -0.2) is 72.8 Å². The van der Waals surface area contributed by atoms with Gasteiger partial charge in [-0.1, -0.05) is 6.07 Å². The van der Waals surface area contributed by atoms with Crippen LogP contribution in [0.15, 0.2) is 23.1 Å². The maximum absolute atomic E-state index is 12.7. The lowest BCUT2D eigenvalue weighted by atomic mass is 10.1. The first kappa shape index (κ1) is 23.6. The van der Waals surface area contributed by atoms with E-state index in [9.17, 15) is 19.2 Å². The third-order valence-corrected chi connectivity index (χ3v) is 5.92. The molecule has 2 heterocycles. The van der Waals surface area contributed by atoms with Crippen molar-refractivity contribution in [2.75, 3.05) is 40.0 Å². The Hall–Kier alpha value is -3.01. The van der Waals surface area contributed by atoms with Gasteiger partial charge in [0, 0.05) is 13.1 Å². The molecule has 2 aliphatic rings. The van der Waals surface area contributed by atoms with Crippen LogP contribution in [0.4, 0.5) is 4.79 Å². The number of ether oxygens (including phenoxy) is 3. The summed E-state index contributed by atoms with van der Waals surface area (Å²) in [5.41, 5.74) is 0.609. The van der Waals surface area contributed by atoms with E-state index in [2.05, 4.69) is 0 Å². The number of methoxy groups -OCH3 is 1. The Balaban J connectivity index is 1.68. The summed E-state index contributed by atoms with van der Waals surface area (Å²) in [5, 5.41) is -0.465. The average Bonchev–Trinajstić information content (AvgIpc) is 3.06. The predicted molar refractivity (Wildman–Crippen MR) is 118 cm³/mol. The number of hydrogen-bond acceptors (Lipinski definition) is 8. The van der Waals surface area contributed by atoms with Crippen molar-refractivity contribution in [3.05, 3.63) is 28.7 Å². The van der Waals surface area contributed by atoms with Gasteiger partial charge >= 0.3 is 5.97 Å². The first-order chi connectivity index (χ1) is 15.4. The Morgan fingerprint density at radius 3 is 2.56 bits per heavy atom. The highest BCUT2D eigenvalue weighted by Crippen LogP contribution is 2.34. The Bertz CT molecular complexity index is 925. The highest BCUT2D eigenvalue weighted by molar-refractivity contribution is 8.18. The number of thioether (sulfide) groups is 1. The van der Waals surface area contributed by atoms with Gasteiger partial charge in [0.25, 0.3) is 11.1 Å². The van der Waals surface area contributed by atoms with Gasteiger partial charge in [0.2, 0.25) is 5.91 Å². The van der Waals surface area contributed by atoms with Crippen LogP contribution >= 0.6 is 11.8 Å². The van der Waals surface area contributed by atoms with Gasteiger partial charge < -0.3 is 19.1 Å². The molecule has 3 amide bonds. The lowest BCUT2D eigenvalue weighted by molar-refractivity contribution is -0.145. The molecule has 0 N–H and O–H groups in total. The molecule has 0 atom stereocenters. The average molecular weight is 463 g/mol. The highest BCUT2D eigenvalue weighted by atomic mass is 32.2. The van der Waals surface area contributed by atoms with Gasteiger partial charge in [-0.25, -0.2) is 4.79 Å². The molecule has 0 bridgehead atoms. The third kappa shape index (κ3) is 5.82. The second-order valence-corrected chi connectivity index (χ2v) is 8.21. The molecule has 2 saturated heterocycles. The van der Waals surface area contributed by atoms with E-state index in [0.29, 0.717) is 30.2 Å². The summed E-state index contributed by atoms with van der Waals surface area (Å²) in [6.45, 7) is 2.79. The fourth-order valence-corrected chi connectivity index (χ4v) is 4.24. The number of benzene rings is 1. The van der Waals surface area contributed by atoms with Crippen molar-refractivity contribution < 1.29 is 33.4 Å².